The SMILES string of the molecule is CCC(O)COc1ccc(N=Nc2ccc(N=Nc3cccc(C)c3)c(NC(C)=O)c2)cc1. The maximum absolute atomic E-state index is 11.7. The number of azo groups is 2. The first-order chi connectivity index (χ1) is 15.9. The van der Waals surface area contributed by atoms with Crippen molar-refractivity contribution in [1.82, 2.24) is 0 Å². The molecule has 0 radical (unpaired) electrons. The van der Waals surface area contributed by atoms with Gasteiger partial charge in [-0.2, -0.15) is 15.3 Å². The zero-order valence-corrected chi connectivity index (χ0v) is 18.9. The van der Waals surface area contributed by atoms with Gasteiger partial charge in [0.05, 0.1) is 28.9 Å². The number of carbonyl (C=O) groups is 1. The third-order valence-corrected chi connectivity index (χ3v) is 4.60. The predicted octanol–water partition coefficient (Wildman–Crippen LogP) is 6.93. The molecule has 170 valence electrons. The van der Waals surface area contributed by atoms with Gasteiger partial charge in [-0.3, -0.25) is 4.79 Å². The Bertz CT molecular complexity index is 1140. The summed E-state index contributed by atoms with van der Waals surface area (Å²) in [7, 11) is 0. The fraction of sp³-hybridized carbons (Fsp3) is 0.240. The molecule has 3 rings (SSSR count). The molecule has 0 saturated heterocycles. The van der Waals surface area contributed by atoms with Gasteiger partial charge in [-0.25, -0.2) is 0 Å². The predicted molar refractivity (Wildman–Crippen MR) is 129 cm³/mol. The molecule has 0 fully saturated rings. The smallest absolute Gasteiger partial charge is 0.221 e. The number of nitrogens with one attached hydrogen (secondary N) is 1. The lowest BCUT2D eigenvalue weighted by Crippen LogP contribution is -2.15. The average Bonchev–Trinajstić information content (AvgIpc) is 2.81. The summed E-state index contributed by atoms with van der Waals surface area (Å²) in [5, 5.41) is 29.4. The Hall–Kier alpha value is -3.91. The lowest BCUT2D eigenvalue weighted by Gasteiger charge is -2.09. The summed E-state index contributed by atoms with van der Waals surface area (Å²) in [4.78, 5) is 11.7. The van der Waals surface area contributed by atoms with E-state index in [4.69, 9.17) is 4.74 Å². The quantitative estimate of drug-likeness (QED) is 0.348. The van der Waals surface area contributed by atoms with Crippen LogP contribution in [0, 0.1) is 6.92 Å². The van der Waals surface area contributed by atoms with Crippen molar-refractivity contribution in [2.75, 3.05) is 11.9 Å². The first-order valence-electron chi connectivity index (χ1n) is 10.7. The van der Waals surface area contributed by atoms with Crippen LogP contribution >= 0.6 is 0 Å². The minimum atomic E-state index is -0.485. The number of nitrogens with zero attached hydrogens (tertiary/aromatic N) is 4. The fourth-order valence-corrected chi connectivity index (χ4v) is 2.80. The van der Waals surface area contributed by atoms with Gasteiger partial charge < -0.3 is 15.2 Å². The molecule has 0 aliphatic rings. The highest BCUT2D eigenvalue weighted by molar-refractivity contribution is 5.92. The van der Waals surface area contributed by atoms with E-state index in [-0.39, 0.29) is 12.5 Å². The number of hydrogen-bond donors (Lipinski definition) is 2. The minimum absolute atomic E-state index is 0.222. The van der Waals surface area contributed by atoms with Crippen LogP contribution in [0.1, 0.15) is 25.8 Å². The van der Waals surface area contributed by atoms with E-state index in [1.165, 1.54) is 6.92 Å². The number of amides is 1. The van der Waals surface area contributed by atoms with Crippen LogP contribution < -0.4 is 10.1 Å². The van der Waals surface area contributed by atoms with Crippen LogP contribution in [0.25, 0.3) is 0 Å². The standard InChI is InChI=1S/C25H27N5O3/c1-4-22(32)16-33-23-11-8-19(9-12-23)27-28-21-10-13-24(25(15-21)26-18(3)31)30-29-20-7-5-6-17(2)14-20/h5-15,22,32H,4,16H2,1-3H3,(H,26,31). The molecule has 1 atom stereocenters. The van der Waals surface area contributed by atoms with E-state index in [9.17, 15) is 9.90 Å². The van der Waals surface area contributed by atoms with E-state index in [1.807, 2.05) is 38.1 Å². The molecule has 8 nitrogen and oxygen atoms in total. The summed E-state index contributed by atoms with van der Waals surface area (Å²) in [6.45, 7) is 5.56. The molecule has 0 aromatic heterocycles. The highest BCUT2D eigenvalue weighted by Crippen LogP contribution is 2.32. The van der Waals surface area contributed by atoms with E-state index in [2.05, 4.69) is 25.8 Å². The summed E-state index contributed by atoms with van der Waals surface area (Å²) in [5.41, 5.74) is 4.02. The van der Waals surface area contributed by atoms with Gasteiger partial charge in [0, 0.05) is 6.92 Å². The van der Waals surface area contributed by atoms with Crippen molar-refractivity contribution < 1.29 is 14.6 Å². The molecular formula is C25H27N5O3. The number of aliphatic hydroxyl groups excluding tert-OH is 1. The highest BCUT2D eigenvalue weighted by Gasteiger charge is 2.06. The third kappa shape index (κ3) is 7.62. The van der Waals surface area contributed by atoms with Crippen LogP contribution in [0.5, 0.6) is 5.75 Å². The van der Waals surface area contributed by atoms with Crippen molar-refractivity contribution in [3.63, 3.8) is 0 Å². The van der Waals surface area contributed by atoms with Crippen LogP contribution in [0.2, 0.25) is 0 Å². The van der Waals surface area contributed by atoms with Crippen molar-refractivity contribution in [2.24, 2.45) is 20.5 Å². The third-order valence-electron chi connectivity index (χ3n) is 4.60. The second kappa shape index (κ2) is 11.6. The van der Waals surface area contributed by atoms with Gasteiger partial charge in [0.15, 0.2) is 0 Å². The van der Waals surface area contributed by atoms with Gasteiger partial charge in [-0.05, 0) is 73.5 Å². The van der Waals surface area contributed by atoms with Gasteiger partial charge in [-0.15, -0.1) is 5.11 Å². The second-order valence-electron chi connectivity index (χ2n) is 7.49. The summed E-state index contributed by atoms with van der Waals surface area (Å²) in [6, 6.07) is 20.0. The Morgan fingerprint density at radius 3 is 2.30 bits per heavy atom. The number of benzene rings is 3. The molecule has 1 amide bonds. The van der Waals surface area contributed by atoms with Crippen molar-refractivity contribution in [1.29, 1.82) is 0 Å². The lowest BCUT2D eigenvalue weighted by atomic mass is 10.2. The van der Waals surface area contributed by atoms with E-state index in [1.54, 1.807) is 42.5 Å². The maximum Gasteiger partial charge on any atom is 0.221 e. The van der Waals surface area contributed by atoms with E-state index in [0.29, 0.717) is 34.9 Å². The van der Waals surface area contributed by atoms with Crippen molar-refractivity contribution in [2.45, 2.75) is 33.3 Å². The van der Waals surface area contributed by atoms with Crippen LogP contribution in [0.3, 0.4) is 0 Å². The molecule has 1 unspecified atom stereocenters. The first kappa shape index (κ1) is 23.7. The van der Waals surface area contributed by atoms with Gasteiger partial charge >= 0.3 is 0 Å². The van der Waals surface area contributed by atoms with Gasteiger partial charge in [0.1, 0.15) is 18.0 Å². The molecule has 8 heteroatoms. The second-order valence-corrected chi connectivity index (χ2v) is 7.49. The van der Waals surface area contributed by atoms with Crippen LogP contribution in [0.15, 0.2) is 87.2 Å². The maximum atomic E-state index is 11.7. The zero-order valence-electron chi connectivity index (χ0n) is 18.9. The molecule has 0 heterocycles. The largest absolute Gasteiger partial charge is 0.491 e. The normalized spacial score (nSPS) is 12.2. The summed E-state index contributed by atoms with van der Waals surface area (Å²) >= 11 is 0. The lowest BCUT2D eigenvalue weighted by molar-refractivity contribution is -0.114. The van der Waals surface area contributed by atoms with E-state index >= 15 is 0 Å². The number of anilines is 1. The van der Waals surface area contributed by atoms with Crippen molar-refractivity contribution in [3.8, 4) is 5.75 Å². The Morgan fingerprint density at radius 2 is 1.61 bits per heavy atom. The zero-order chi connectivity index (χ0) is 23.6. The molecule has 3 aromatic rings. The van der Waals surface area contributed by atoms with Crippen molar-refractivity contribution in [3.05, 3.63) is 72.3 Å². The monoisotopic (exact) mass is 445 g/mol. The molecule has 0 saturated carbocycles. The molecule has 0 spiro atoms. The molecule has 0 bridgehead atoms. The van der Waals surface area contributed by atoms with Gasteiger partial charge in [0.2, 0.25) is 5.91 Å². The summed E-state index contributed by atoms with van der Waals surface area (Å²) in [5.74, 6) is 0.428. The average molecular weight is 446 g/mol. The topological polar surface area (TPSA) is 108 Å². The molecule has 33 heavy (non-hydrogen) atoms. The Labute approximate surface area is 193 Å². The highest BCUT2D eigenvalue weighted by atomic mass is 16.5. The van der Waals surface area contributed by atoms with Crippen LogP contribution in [0.4, 0.5) is 28.4 Å². The number of hydrogen-bond acceptors (Lipinski definition) is 7. The minimum Gasteiger partial charge on any atom is -0.491 e. The number of ether oxygens (including phenoxy) is 1. The first-order valence-corrected chi connectivity index (χ1v) is 10.7. The Balaban J connectivity index is 1.74. The van der Waals surface area contributed by atoms with E-state index in [0.717, 1.165) is 11.3 Å². The van der Waals surface area contributed by atoms with Crippen LogP contribution in [-0.4, -0.2) is 23.7 Å². The molecule has 2 N–H and O–H groups in total. The van der Waals surface area contributed by atoms with Crippen molar-refractivity contribution >= 4 is 34.3 Å². The summed E-state index contributed by atoms with van der Waals surface area (Å²) < 4.78 is 5.52. The number of aliphatic hydroxyl groups is 1. The Morgan fingerprint density at radius 1 is 0.939 bits per heavy atom. The number of carbonyl (C=O) groups excluding carboxylic acids is 1. The molecule has 0 aliphatic heterocycles. The van der Waals surface area contributed by atoms with E-state index < -0.39 is 6.10 Å². The molecule has 0 aliphatic carbocycles. The number of aryl methyl sites for hydroxylation is 1. The molecular weight excluding hydrogens is 418 g/mol. The summed E-state index contributed by atoms with van der Waals surface area (Å²) in [6.07, 6.45) is 0.153. The van der Waals surface area contributed by atoms with Gasteiger partial charge in [0.25, 0.3) is 0 Å². The van der Waals surface area contributed by atoms with Crippen LogP contribution in [-0.2, 0) is 4.79 Å². The molecule has 3 aromatic carbocycles. The number of rotatable bonds is 9. The van der Waals surface area contributed by atoms with Gasteiger partial charge in [-0.1, -0.05) is 19.1 Å². The Kier molecular flexibility index (Phi) is 8.37. The fourth-order valence-electron chi connectivity index (χ4n) is 2.80.